The van der Waals surface area contributed by atoms with Gasteiger partial charge in [0.2, 0.25) is 0 Å². The topological polar surface area (TPSA) is 26.3 Å². The van der Waals surface area contributed by atoms with Gasteiger partial charge >= 0.3 is 0 Å². The molecule has 21 heavy (non-hydrogen) atoms. The third-order valence-electron chi connectivity index (χ3n) is 3.28. The summed E-state index contributed by atoms with van der Waals surface area (Å²) in [5, 5.41) is 0.357. The van der Waals surface area contributed by atoms with E-state index in [0.29, 0.717) is 5.33 Å². The molecule has 0 aliphatic carbocycles. The number of hydrogen-bond donors (Lipinski definition) is 0. The van der Waals surface area contributed by atoms with Crippen LogP contribution in [0.2, 0.25) is 0 Å². The Bertz CT molecular complexity index is 573. The fraction of sp³-hybridized carbons (Fsp3) is 0.278. The van der Waals surface area contributed by atoms with Gasteiger partial charge in [0.1, 0.15) is 5.75 Å². The molecule has 110 valence electrons. The van der Waals surface area contributed by atoms with Crippen molar-refractivity contribution in [1.29, 1.82) is 0 Å². The summed E-state index contributed by atoms with van der Waals surface area (Å²) in [5.74, 6) is 1.000. The first-order valence-corrected chi connectivity index (χ1v) is 8.29. The highest BCUT2D eigenvalue weighted by molar-refractivity contribution is 9.09. The van der Waals surface area contributed by atoms with Crippen LogP contribution in [0.25, 0.3) is 11.1 Å². The molecule has 0 aliphatic heterocycles. The van der Waals surface area contributed by atoms with E-state index in [1.807, 2.05) is 48.5 Å². The van der Waals surface area contributed by atoms with Gasteiger partial charge in [0.05, 0.1) is 11.9 Å². The molecule has 0 radical (unpaired) electrons. The van der Waals surface area contributed by atoms with Crippen LogP contribution < -0.4 is 4.74 Å². The van der Waals surface area contributed by atoms with Crippen LogP contribution in [0.1, 0.15) is 30.1 Å². The Morgan fingerprint density at radius 1 is 1.00 bits per heavy atom. The number of unbranched alkanes of at least 4 members (excludes halogenated alkanes) is 1. The number of alkyl halides is 1. The quantitative estimate of drug-likeness (QED) is 0.395. The fourth-order valence-electron chi connectivity index (χ4n) is 2.00. The summed E-state index contributed by atoms with van der Waals surface area (Å²) in [6.45, 7) is 2.91. The Morgan fingerprint density at radius 3 is 2.10 bits per heavy atom. The van der Waals surface area contributed by atoms with Crippen molar-refractivity contribution >= 4 is 21.7 Å². The second kappa shape index (κ2) is 7.99. The van der Waals surface area contributed by atoms with Crippen molar-refractivity contribution in [2.75, 3.05) is 11.9 Å². The van der Waals surface area contributed by atoms with Crippen LogP contribution in [0.15, 0.2) is 48.5 Å². The summed E-state index contributed by atoms with van der Waals surface area (Å²) < 4.78 is 5.65. The zero-order valence-corrected chi connectivity index (χ0v) is 13.7. The Kier molecular flexibility index (Phi) is 6.00. The summed E-state index contributed by atoms with van der Waals surface area (Å²) in [4.78, 5) is 11.6. The van der Waals surface area contributed by atoms with E-state index >= 15 is 0 Å². The molecule has 0 heterocycles. The Morgan fingerprint density at radius 2 is 1.57 bits per heavy atom. The first kappa shape index (κ1) is 15.8. The average molecular weight is 347 g/mol. The van der Waals surface area contributed by atoms with Crippen LogP contribution in [0.4, 0.5) is 0 Å². The van der Waals surface area contributed by atoms with E-state index in [1.165, 1.54) is 0 Å². The molecule has 0 N–H and O–H groups in total. The van der Waals surface area contributed by atoms with E-state index < -0.39 is 0 Å². The minimum absolute atomic E-state index is 0.0984. The van der Waals surface area contributed by atoms with E-state index in [-0.39, 0.29) is 5.78 Å². The van der Waals surface area contributed by atoms with Crippen molar-refractivity contribution in [1.82, 2.24) is 0 Å². The van der Waals surface area contributed by atoms with Gasteiger partial charge < -0.3 is 4.74 Å². The lowest BCUT2D eigenvalue weighted by atomic mass is 10.0. The van der Waals surface area contributed by atoms with Crippen molar-refractivity contribution in [3.05, 3.63) is 54.1 Å². The highest BCUT2D eigenvalue weighted by atomic mass is 79.9. The van der Waals surface area contributed by atoms with E-state index in [1.54, 1.807) is 0 Å². The third kappa shape index (κ3) is 4.43. The van der Waals surface area contributed by atoms with E-state index in [9.17, 15) is 4.79 Å². The standard InChI is InChI=1S/C18H19BrO2/c1-2-3-12-21-17-10-8-15(9-11-17)14-4-6-16(7-5-14)18(20)13-19/h4-11H,2-3,12-13H2,1H3. The van der Waals surface area contributed by atoms with Crippen molar-refractivity contribution in [3.8, 4) is 16.9 Å². The maximum Gasteiger partial charge on any atom is 0.173 e. The average Bonchev–Trinajstić information content (AvgIpc) is 2.55. The number of ether oxygens (including phenoxy) is 1. The number of carbonyl (C=O) groups excluding carboxylic acids is 1. The number of ketones is 1. The predicted molar refractivity (Wildman–Crippen MR) is 90.4 cm³/mol. The Labute approximate surface area is 134 Å². The molecule has 2 nitrogen and oxygen atoms in total. The molecule has 2 rings (SSSR count). The summed E-state index contributed by atoms with van der Waals surface area (Å²) in [6, 6.07) is 15.7. The number of halogens is 1. The van der Waals surface area contributed by atoms with Gasteiger partial charge in [-0.2, -0.15) is 0 Å². The maximum atomic E-state index is 11.6. The lowest BCUT2D eigenvalue weighted by Crippen LogP contribution is -1.99. The zero-order chi connectivity index (χ0) is 15.1. The van der Waals surface area contributed by atoms with Gasteiger partial charge in [-0.05, 0) is 29.7 Å². The molecule has 0 saturated carbocycles. The van der Waals surface area contributed by atoms with Crippen molar-refractivity contribution in [2.45, 2.75) is 19.8 Å². The predicted octanol–water partition coefficient (Wildman–Crippen LogP) is 5.11. The molecule has 0 amide bonds. The summed E-state index contributed by atoms with van der Waals surface area (Å²) in [7, 11) is 0. The van der Waals surface area contributed by atoms with Crippen LogP contribution >= 0.6 is 15.9 Å². The molecule has 0 aliphatic rings. The van der Waals surface area contributed by atoms with Gasteiger partial charge in [-0.3, -0.25) is 4.79 Å². The number of rotatable bonds is 7. The van der Waals surface area contributed by atoms with E-state index in [0.717, 1.165) is 41.9 Å². The SMILES string of the molecule is CCCCOc1ccc(-c2ccc(C(=O)CBr)cc2)cc1. The number of carbonyl (C=O) groups is 1. The molecule has 0 fully saturated rings. The van der Waals surface area contributed by atoms with Crippen LogP contribution in [0, 0.1) is 0 Å². The smallest absolute Gasteiger partial charge is 0.173 e. The van der Waals surface area contributed by atoms with Crippen molar-refractivity contribution < 1.29 is 9.53 Å². The highest BCUT2D eigenvalue weighted by Crippen LogP contribution is 2.23. The molecule has 0 unspecified atom stereocenters. The van der Waals surface area contributed by atoms with Crippen LogP contribution in [0.3, 0.4) is 0 Å². The van der Waals surface area contributed by atoms with Crippen molar-refractivity contribution in [3.63, 3.8) is 0 Å². The summed E-state index contributed by atoms with van der Waals surface area (Å²) >= 11 is 3.19. The normalized spacial score (nSPS) is 10.4. The van der Waals surface area contributed by atoms with E-state index in [4.69, 9.17) is 4.74 Å². The van der Waals surface area contributed by atoms with Gasteiger partial charge in [0.25, 0.3) is 0 Å². The molecule has 0 saturated heterocycles. The minimum Gasteiger partial charge on any atom is -0.494 e. The molecular weight excluding hydrogens is 328 g/mol. The van der Waals surface area contributed by atoms with Gasteiger partial charge in [-0.25, -0.2) is 0 Å². The fourth-order valence-corrected chi connectivity index (χ4v) is 2.33. The van der Waals surface area contributed by atoms with Crippen LogP contribution in [-0.2, 0) is 0 Å². The second-order valence-electron chi connectivity index (χ2n) is 4.86. The molecule has 3 heteroatoms. The van der Waals surface area contributed by atoms with Crippen LogP contribution in [-0.4, -0.2) is 17.7 Å². The highest BCUT2D eigenvalue weighted by Gasteiger charge is 2.04. The lowest BCUT2D eigenvalue weighted by Gasteiger charge is -2.07. The van der Waals surface area contributed by atoms with Gasteiger partial charge in [-0.15, -0.1) is 0 Å². The summed E-state index contributed by atoms with van der Waals surface area (Å²) in [6.07, 6.45) is 2.21. The molecule has 0 atom stereocenters. The van der Waals surface area contributed by atoms with Crippen LogP contribution in [0.5, 0.6) is 5.75 Å². The third-order valence-corrected chi connectivity index (χ3v) is 3.79. The monoisotopic (exact) mass is 346 g/mol. The van der Waals surface area contributed by atoms with E-state index in [2.05, 4.69) is 22.9 Å². The molecule has 2 aromatic carbocycles. The first-order chi connectivity index (χ1) is 10.2. The zero-order valence-electron chi connectivity index (χ0n) is 12.1. The largest absolute Gasteiger partial charge is 0.494 e. The molecule has 0 bridgehead atoms. The summed E-state index contributed by atoms with van der Waals surface area (Å²) in [5.41, 5.74) is 2.95. The molecule has 2 aromatic rings. The lowest BCUT2D eigenvalue weighted by molar-refractivity contribution is 0.102. The molecular formula is C18H19BrO2. The van der Waals surface area contributed by atoms with Gasteiger partial charge in [-0.1, -0.05) is 65.7 Å². The molecule has 0 aromatic heterocycles. The first-order valence-electron chi connectivity index (χ1n) is 7.17. The number of benzene rings is 2. The molecule has 0 spiro atoms. The number of hydrogen-bond acceptors (Lipinski definition) is 2. The second-order valence-corrected chi connectivity index (χ2v) is 5.42. The minimum atomic E-state index is 0.0984. The van der Waals surface area contributed by atoms with Gasteiger partial charge in [0.15, 0.2) is 5.78 Å². The Balaban J connectivity index is 2.06. The maximum absolute atomic E-state index is 11.6. The number of Topliss-reactive ketones (excluding diaryl/α,β-unsaturated/α-hetero) is 1. The Hall–Kier alpha value is -1.61. The van der Waals surface area contributed by atoms with Gasteiger partial charge in [0, 0.05) is 5.56 Å². The van der Waals surface area contributed by atoms with Crippen molar-refractivity contribution in [2.24, 2.45) is 0 Å².